The Morgan fingerprint density at radius 2 is 1.83 bits per heavy atom. The molecule has 0 atom stereocenters. The van der Waals surface area contributed by atoms with Crippen molar-refractivity contribution in [2.24, 2.45) is 0 Å². The van der Waals surface area contributed by atoms with Crippen LogP contribution in [-0.4, -0.2) is 48.1 Å². The van der Waals surface area contributed by atoms with Crippen molar-refractivity contribution in [3.8, 4) is 0 Å². The van der Waals surface area contributed by atoms with Crippen molar-refractivity contribution in [3.05, 3.63) is 9.26 Å². The number of hydrogen-bond acceptors (Lipinski definition) is 5. The molecule has 1 saturated carbocycles. The fourth-order valence-corrected chi connectivity index (χ4v) is 2.93. The fourth-order valence-electron chi connectivity index (χ4n) is 2.24. The van der Waals surface area contributed by atoms with E-state index in [9.17, 15) is 0 Å². The number of aromatic nitrogens is 2. The molecule has 2 heterocycles. The van der Waals surface area contributed by atoms with Gasteiger partial charge in [-0.25, -0.2) is 4.98 Å². The Hall–Kier alpha value is -0.630. The number of hydrogen-bond donors (Lipinski definition) is 1. The molecule has 0 spiro atoms. The maximum atomic E-state index is 6.03. The monoisotopic (exact) mass is 359 g/mol. The van der Waals surface area contributed by atoms with Crippen LogP contribution in [0.15, 0.2) is 0 Å². The number of nitrogens with zero attached hydrogens (tertiary/aromatic N) is 4. The van der Waals surface area contributed by atoms with Crippen LogP contribution in [0.25, 0.3) is 0 Å². The van der Waals surface area contributed by atoms with E-state index >= 15 is 0 Å². The van der Waals surface area contributed by atoms with Gasteiger partial charge in [0.1, 0.15) is 5.82 Å². The number of piperazine rings is 1. The summed E-state index contributed by atoms with van der Waals surface area (Å²) >= 11 is 2.27. The van der Waals surface area contributed by atoms with Crippen molar-refractivity contribution in [3.63, 3.8) is 0 Å². The second kappa shape index (κ2) is 4.80. The quantitative estimate of drug-likeness (QED) is 0.807. The summed E-state index contributed by atoms with van der Waals surface area (Å²) in [4.78, 5) is 13.8. The molecular formula is C12H18IN5. The third kappa shape index (κ3) is 2.40. The highest BCUT2D eigenvalue weighted by atomic mass is 127. The maximum absolute atomic E-state index is 6.03. The normalized spacial score (nSPS) is 21.3. The van der Waals surface area contributed by atoms with E-state index in [0.717, 1.165) is 41.4 Å². The minimum Gasteiger partial charge on any atom is -0.383 e. The van der Waals surface area contributed by atoms with E-state index in [1.165, 1.54) is 12.8 Å². The minimum atomic E-state index is 0.619. The molecule has 2 N–H and O–H groups in total. The first-order valence-corrected chi connectivity index (χ1v) is 7.49. The van der Waals surface area contributed by atoms with Crippen molar-refractivity contribution in [2.75, 3.05) is 43.9 Å². The molecule has 1 saturated heterocycles. The second-order valence-electron chi connectivity index (χ2n) is 5.17. The van der Waals surface area contributed by atoms with Gasteiger partial charge in [-0.15, -0.1) is 0 Å². The van der Waals surface area contributed by atoms with Gasteiger partial charge in [-0.3, -0.25) is 0 Å². The van der Waals surface area contributed by atoms with Crippen LogP contribution in [0.2, 0.25) is 0 Å². The van der Waals surface area contributed by atoms with Gasteiger partial charge >= 0.3 is 0 Å². The standard InChI is InChI=1S/C12H18IN5/c1-17-4-6-18(7-5-17)12-15-10(8-2-3-8)9(13)11(14)16-12/h8H,2-7H2,1H3,(H2,14,15,16). The summed E-state index contributed by atoms with van der Waals surface area (Å²) in [5, 5.41) is 0. The zero-order valence-corrected chi connectivity index (χ0v) is 12.7. The first-order valence-electron chi connectivity index (χ1n) is 6.41. The molecule has 0 aromatic carbocycles. The Bertz CT molecular complexity index is 452. The van der Waals surface area contributed by atoms with E-state index in [1.54, 1.807) is 0 Å². The lowest BCUT2D eigenvalue weighted by molar-refractivity contribution is 0.311. The predicted molar refractivity (Wildman–Crippen MR) is 80.8 cm³/mol. The van der Waals surface area contributed by atoms with Gasteiger partial charge in [-0.1, -0.05) is 0 Å². The molecule has 5 nitrogen and oxygen atoms in total. The van der Waals surface area contributed by atoms with E-state index in [1.807, 2.05) is 0 Å². The molecule has 98 valence electrons. The molecule has 0 amide bonds. The lowest BCUT2D eigenvalue weighted by Gasteiger charge is -2.32. The predicted octanol–water partition coefficient (Wildman–Crippen LogP) is 1.29. The van der Waals surface area contributed by atoms with Gasteiger partial charge in [0.15, 0.2) is 0 Å². The molecule has 0 radical (unpaired) electrons. The van der Waals surface area contributed by atoms with Gasteiger partial charge in [0, 0.05) is 32.1 Å². The second-order valence-corrected chi connectivity index (χ2v) is 6.25. The zero-order valence-electron chi connectivity index (χ0n) is 10.6. The summed E-state index contributed by atoms with van der Waals surface area (Å²) < 4.78 is 1.05. The summed E-state index contributed by atoms with van der Waals surface area (Å²) in [5.41, 5.74) is 7.19. The molecule has 1 aromatic rings. The van der Waals surface area contributed by atoms with Gasteiger partial charge in [0.2, 0.25) is 5.95 Å². The molecule has 18 heavy (non-hydrogen) atoms. The highest BCUT2D eigenvalue weighted by molar-refractivity contribution is 14.1. The van der Waals surface area contributed by atoms with E-state index in [0.29, 0.717) is 11.7 Å². The molecule has 2 fully saturated rings. The molecule has 0 unspecified atom stereocenters. The summed E-state index contributed by atoms with van der Waals surface area (Å²) in [6, 6.07) is 0. The van der Waals surface area contributed by atoms with Gasteiger partial charge in [-0.05, 0) is 42.5 Å². The van der Waals surface area contributed by atoms with Gasteiger partial charge in [0.05, 0.1) is 9.26 Å². The first kappa shape index (κ1) is 12.4. The van der Waals surface area contributed by atoms with Gasteiger partial charge in [0.25, 0.3) is 0 Å². The Kier molecular flexibility index (Phi) is 3.31. The van der Waals surface area contributed by atoms with Crippen LogP contribution in [-0.2, 0) is 0 Å². The van der Waals surface area contributed by atoms with E-state index < -0.39 is 0 Å². The third-order valence-corrected chi connectivity index (χ3v) is 4.75. The Morgan fingerprint density at radius 1 is 1.17 bits per heavy atom. The van der Waals surface area contributed by atoms with Crippen LogP contribution in [0.5, 0.6) is 0 Å². The van der Waals surface area contributed by atoms with Crippen LogP contribution in [0, 0.1) is 3.57 Å². The summed E-state index contributed by atoms with van der Waals surface area (Å²) in [7, 11) is 2.15. The molecule has 1 aliphatic carbocycles. The summed E-state index contributed by atoms with van der Waals surface area (Å²) in [6.45, 7) is 4.10. The van der Waals surface area contributed by atoms with Crippen molar-refractivity contribution in [2.45, 2.75) is 18.8 Å². The van der Waals surface area contributed by atoms with E-state index in [4.69, 9.17) is 10.7 Å². The smallest absolute Gasteiger partial charge is 0.227 e. The molecule has 1 aromatic heterocycles. The number of nitrogens with two attached hydrogens (primary N) is 1. The van der Waals surface area contributed by atoms with Crippen molar-refractivity contribution in [1.29, 1.82) is 0 Å². The van der Waals surface area contributed by atoms with Crippen LogP contribution >= 0.6 is 22.6 Å². The number of anilines is 2. The van der Waals surface area contributed by atoms with Crippen molar-refractivity contribution in [1.82, 2.24) is 14.9 Å². The zero-order chi connectivity index (χ0) is 12.7. The highest BCUT2D eigenvalue weighted by Crippen LogP contribution is 2.42. The SMILES string of the molecule is CN1CCN(c2nc(N)c(I)c(C3CC3)n2)CC1. The Morgan fingerprint density at radius 3 is 2.44 bits per heavy atom. The fraction of sp³-hybridized carbons (Fsp3) is 0.667. The number of rotatable bonds is 2. The minimum absolute atomic E-state index is 0.619. The van der Waals surface area contributed by atoms with Crippen molar-refractivity contribution < 1.29 is 0 Å². The molecular weight excluding hydrogens is 341 g/mol. The topological polar surface area (TPSA) is 58.3 Å². The number of likely N-dealkylation sites (N-methyl/N-ethyl adjacent to an activating group) is 1. The highest BCUT2D eigenvalue weighted by Gasteiger charge is 2.30. The molecule has 2 aliphatic rings. The van der Waals surface area contributed by atoms with E-state index in [-0.39, 0.29) is 0 Å². The lowest BCUT2D eigenvalue weighted by atomic mass is 10.2. The Labute approximate surface area is 121 Å². The van der Waals surface area contributed by atoms with Crippen molar-refractivity contribution >= 4 is 34.4 Å². The average Bonchev–Trinajstić information content (AvgIpc) is 3.18. The maximum Gasteiger partial charge on any atom is 0.227 e. The number of nitrogen functional groups attached to an aromatic ring is 1. The van der Waals surface area contributed by atoms with Crippen LogP contribution in [0.1, 0.15) is 24.5 Å². The summed E-state index contributed by atoms with van der Waals surface area (Å²) in [6.07, 6.45) is 2.49. The molecule has 1 aliphatic heterocycles. The van der Waals surface area contributed by atoms with Gasteiger partial charge in [-0.2, -0.15) is 4.98 Å². The van der Waals surface area contributed by atoms with Crippen LogP contribution < -0.4 is 10.6 Å². The third-order valence-electron chi connectivity index (χ3n) is 3.64. The van der Waals surface area contributed by atoms with Gasteiger partial charge < -0.3 is 15.5 Å². The van der Waals surface area contributed by atoms with Crippen LogP contribution in [0.3, 0.4) is 0 Å². The molecule has 6 heteroatoms. The molecule has 3 rings (SSSR count). The van der Waals surface area contributed by atoms with Crippen LogP contribution in [0.4, 0.5) is 11.8 Å². The largest absolute Gasteiger partial charge is 0.383 e. The Balaban J connectivity index is 1.87. The van der Waals surface area contributed by atoms with E-state index in [2.05, 4.69) is 44.4 Å². The molecule has 0 bridgehead atoms. The number of halogens is 1. The average molecular weight is 359 g/mol. The first-order chi connectivity index (χ1) is 8.65. The summed E-state index contributed by atoms with van der Waals surface area (Å²) in [5.74, 6) is 2.08. The lowest BCUT2D eigenvalue weighted by Crippen LogP contribution is -2.45.